The van der Waals surface area contributed by atoms with Gasteiger partial charge in [-0.05, 0) is 56.0 Å². The summed E-state index contributed by atoms with van der Waals surface area (Å²) in [5.41, 5.74) is 3.42. The molecule has 8 heteroatoms. The normalized spacial score (nSPS) is 14.2. The summed E-state index contributed by atoms with van der Waals surface area (Å²) in [6.07, 6.45) is 5.24. The number of thioether (sulfide) groups is 1. The number of carbonyl (C=O) groups is 2. The number of nitrogens with zero attached hydrogens (tertiary/aromatic N) is 2. The van der Waals surface area contributed by atoms with Gasteiger partial charge in [-0.25, -0.2) is 4.98 Å². The second kappa shape index (κ2) is 10.9. The number of amides is 2. The van der Waals surface area contributed by atoms with Crippen LogP contribution >= 0.6 is 11.8 Å². The molecule has 1 aliphatic carbocycles. The van der Waals surface area contributed by atoms with Crippen LogP contribution in [-0.4, -0.2) is 33.7 Å². The van der Waals surface area contributed by atoms with Crippen LogP contribution in [0, 0.1) is 13.8 Å². The number of aryl methyl sites for hydroxylation is 1. The predicted molar refractivity (Wildman–Crippen MR) is 136 cm³/mol. The first kappa shape index (κ1) is 24.0. The second-order valence-corrected chi connectivity index (χ2v) is 9.68. The highest BCUT2D eigenvalue weighted by molar-refractivity contribution is 7.99. The molecule has 1 aromatic heterocycles. The average molecular weight is 479 g/mol. The van der Waals surface area contributed by atoms with Crippen LogP contribution in [0.1, 0.15) is 49.3 Å². The van der Waals surface area contributed by atoms with Gasteiger partial charge in [-0.2, -0.15) is 0 Å². The fourth-order valence-corrected chi connectivity index (χ4v) is 5.23. The molecule has 0 radical (unpaired) electrons. The number of hydrogen-bond acceptors (Lipinski definition) is 5. The van der Waals surface area contributed by atoms with Crippen molar-refractivity contribution < 1.29 is 9.59 Å². The van der Waals surface area contributed by atoms with Crippen LogP contribution in [0.25, 0.3) is 10.9 Å². The molecule has 1 aliphatic rings. The van der Waals surface area contributed by atoms with Gasteiger partial charge in [0, 0.05) is 11.7 Å². The number of hydrogen-bond donors (Lipinski definition) is 2. The molecule has 1 fully saturated rings. The van der Waals surface area contributed by atoms with Crippen molar-refractivity contribution in [3.63, 3.8) is 0 Å². The van der Waals surface area contributed by atoms with E-state index in [-0.39, 0.29) is 35.7 Å². The van der Waals surface area contributed by atoms with Gasteiger partial charge in [0.15, 0.2) is 5.16 Å². The fraction of sp³-hybridized carbons (Fsp3) is 0.385. The predicted octanol–water partition coefficient (Wildman–Crippen LogP) is 4.37. The van der Waals surface area contributed by atoms with Crippen LogP contribution in [0.4, 0.5) is 5.69 Å². The van der Waals surface area contributed by atoms with E-state index in [0.717, 1.165) is 42.5 Å². The van der Waals surface area contributed by atoms with Gasteiger partial charge in [0.2, 0.25) is 11.8 Å². The number of fused-ring (bicyclic) bond motifs is 1. The van der Waals surface area contributed by atoms with Gasteiger partial charge in [-0.1, -0.05) is 55.3 Å². The molecule has 0 spiro atoms. The summed E-state index contributed by atoms with van der Waals surface area (Å²) < 4.78 is 1.78. The average Bonchev–Trinajstić information content (AvgIpc) is 2.85. The number of carbonyl (C=O) groups excluding carboxylic acids is 2. The second-order valence-electron chi connectivity index (χ2n) is 8.74. The minimum Gasteiger partial charge on any atom is -0.346 e. The molecule has 0 bridgehead atoms. The van der Waals surface area contributed by atoms with E-state index in [1.54, 1.807) is 10.6 Å². The molecule has 178 valence electrons. The van der Waals surface area contributed by atoms with Crippen molar-refractivity contribution in [3.8, 4) is 0 Å². The Morgan fingerprint density at radius 3 is 2.59 bits per heavy atom. The van der Waals surface area contributed by atoms with Gasteiger partial charge in [-0.3, -0.25) is 19.0 Å². The molecule has 4 rings (SSSR count). The van der Waals surface area contributed by atoms with Crippen molar-refractivity contribution >= 4 is 40.2 Å². The van der Waals surface area contributed by atoms with Crippen molar-refractivity contribution in [3.05, 3.63) is 63.9 Å². The summed E-state index contributed by atoms with van der Waals surface area (Å²) in [5.74, 6) is -0.484. The number of para-hydroxylation sites is 1. The number of nitrogens with one attached hydrogen (secondary N) is 2. The Labute approximate surface area is 203 Å². The summed E-state index contributed by atoms with van der Waals surface area (Å²) in [6, 6.07) is 13.1. The van der Waals surface area contributed by atoms with E-state index in [9.17, 15) is 14.4 Å². The number of rotatable bonds is 7. The lowest BCUT2D eigenvalue weighted by Crippen LogP contribution is -2.34. The quantitative estimate of drug-likeness (QED) is 0.389. The van der Waals surface area contributed by atoms with Gasteiger partial charge in [0.25, 0.3) is 5.56 Å². The smallest absolute Gasteiger partial charge is 0.262 e. The number of benzene rings is 2. The maximum atomic E-state index is 13.3. The minimum atomic E-state index is -0.282. The molecule has 2 N–H and O–H groups in total. The third kappa shape index (κ3) is 5.50. The van der Waals surface area contributed by atoms with Crippen LogP contribution in [0.5, 0.6) is 0 Å². The molecule has 34 heavy (non-hydrogen) atoms. The molecule has 0 atom stereocenters. The third-order valence-corrected chi connectivity index (χ3v) is 7.33. The van der Waals surface area contributed by atoms with Gasteiger partial charge < -0.3 is 10.6 Å². The Hall–Kier alpha value is -3.13. The Bertz CT molecular complexity index is 1260. The van der Waals surface area contributed by atoms with E-state index in [1.807, 2.05) is 50.2 Å². The lowest BCUT2D eigenvalue weighted by molar-refractivity contribution is -0.122. The minimum absolute atomic E-state index is 0.0479. The molecule has 3 aromatic rings. The molecule has 0 aliphatic heterocycles. The highest BCUT2D eigenvalue weighted by Gasteiger charge is 2.22. The largest absolute Gasteiger partial charge is 0.346 e. The van der Waals surface area contributed by atoms with Crippen LogP contribution in [0.3, 0.4) is 0 Å². The zero-order chi connectivity index (χ0) is 24.1. The van der Waals surface area contributed by atoms with E-state index >= 15 is 0 Å². The lowest BCUT2D eigenvalue weighted by atomic mass is 9.95. The maximum absolute atomic E-state index is 13.3. The van der Waals surface area contributed by atoms with Crippen molar-refractivity contribution in [1.29, 1.82) is 0 Å². The monoisotopic (exact) mass is 478 g/mol. The highest BCUT2D eigenvalue weighted by atomic mass is 32.2. The third-order valence-electron chi connectivity index (χ3n) is 6.37. The summed E-state index contributed by atoms with van der Waals surface area (Å²) in [7, 11) is 0. The Morgan fingerprint density at radius 2 is 1.79 bits per heavy atom. The number of anilines is 1. The van der Waals surface area contributed by atoms with Crippen LogP contribution in [-0.2, 0) is 9.59 Å². The van der Waals surface area contributed by atoms with E-state index in [4.69, 9.17) is 4.98 Å². The first-order valence-corrected chi connectivity index (χ1v) is 12.7. The van der Waals surface area contributed by atoms with Gasteiger partial charge >= 0.3 is 0 Å². The van der Waals surface area contributed by atoms with Crippen molar-refractivity contribution in [2.24, 2.45) is 0 Å². The topological polar surface area (TPSA) is 93.1 Å². The van der Waals surface area contributed by atoms with E-state index in [0.29, 0.717) is 16.1 Å². The molecule has 2 amide bonds. The maximum Gasteiger partial charge on any atom is 0.262 e. The summed E-state index contributed by atoms with van der Waals surface area (Å²) in [5, 5.41) is 6.68. The fourth-order valence-electron chi connectivity index (χ4n) is 4.33. The Kier molecular flexibility index (Phi) is 7.67. The molecular formula is C26H30N4O3S. The zero-order valence-corrected chi connectivity index (χ0v) is 20.4. The summed E-state index contributed by atoms with van der Waals surface area (Å²) in [4.78, 5) is 42.8. The van der Waals surface area contributed by atoms with Gasteiger partial charge in [-0.15, -0.1) is 0 Å². The van der Waals surface area contributed by atoms with Crippen molar-refractivity contribution in [1.82, 2.24) is 14.9 Å². The molecular weight excluding hydrogens is 448 g/mol. The Morgan fingerprint density at radius 1 is 1.03 bits per heavy atom. The van der Waals surface area contributed by atoms with E-state index in [1.165, 1.54) is 18.2 Å². The van der Waals surface area contributed by atoms with E-state index in [2.05, 4.69) is 10.6 Å². The Balaban J connectivity index is 1.42. The van der Waals surface area contributed by atoms with Gasteiger partial charge in [0.1, 0.15) is 0 Å². The van der Waals surface area contributed by atoms with Crippen LogP contribution < -0.4 is 16.2 Å². The molecule has 1 heterocycles. The zero-order valence-electron chi connectivity index (χ0n) is 19.6. The van der Waals surface area contributed by atoms with Crippen LogP contribution in [0.15, 0.2) is 52.4 Å². The first-order chi connectivity index (χ1) is 16.4. The van der Waals surface area contributed by atoms with Crippen LogP contribution in [0.2, 0.25) is 0 Å². The molecule has 7 nitrogen and oxygen atoms in total. The van der Waals surface area contributed by atoms with E-state index < -0.39 is 0 Å². The highest BCUT2D eigenvalue weighted by Crippen LogP contribution is 2.31. The summed E-state index contributed by atoms with van der Waals surface area (Å²) in [6.45, 7) is 3.81. The standard InChI is InChI=1S/C26H30N4O3S/c1-17-9-8-14-21(18(17)2)28-23(31)15-27-24(32)16-34-26-29-22-13-7-6-12-20(22)25(33)30(26)19-10-4-3-5-11-19/h6-9,12-14,19H,3-5,10-11,15-16H2,1-2H3,(H,27,32)(H,28,31). The van der Waals surface area contributed by atoms with Crippen molar-refractivity contribution in [2.75, 3.05) is 17.6 Å². The molecule has 1 saturated carbocycles. The lowest BCUT2D eigenvalue weighted by Gasteiger charge is -2.26. The summed E-state index contributed by atoms with van der Waals surface area (Å²) >= 11 is 1.25. The SMILES string of the molecule is Cc1cccc(NC(=O)CNC(=O)CSc2nc3ccccc3c(=O)n2C2CCCCC2)c1C. The molecule has 2 aromatic carbocycles. The molecule has 0 unspecified atom stereocenters. The first-order valence-electron chi connectivity index (χ1n) is 11.7. The molecule has 0 saturated heterocycles. The number of aromatic nitrogens is 2. The van der Waals surface area contributed by atoms with Crippen molar-refractivity contribution in [2.45, 2.75) is 57.1 Å². The van der Waals surface area contributed by atoms with Gasteiger partial charge in [0.05, 0.1) is 23.2 Å².